The molecule has 3 rings (SSSR count). The highest BCUT2D eigenvalue weighted by atomic mass is 16.5. The first-order valence-corrected chi connectivity index (χ1v) is 7.50. The Morgan fingerprint density at radius 3 is 2.61 bits per heavy atom. The van der Waals surface area contributed by atoms with Crippen molar-refractivity contribution in [2.75, 3.05) is 20.2 Å². The molecule has 0 aromatic carbocycles. The van der Waals surface area contributed by atoms with Crippen molar-refractivity contribution < 1.29 is 14.3 Å². The first kappa shape index (κ1) is 15.2. The smallest absolute Gasteiger partial charge is 0.254 e. The first-order valence-electron chi connectivity index (χ1n) is 7.50. The van der Waals surface area contributed by atoms with Crippen LogP contribution in [0.3, 0.4) is 0 Å². The maximum absolute atomic E-state index is 12.5. The number of aromatic nitrogens is 3. The quantitative estimate of drug-likeness (QED) is 0.852. The molecule has 120 valence electrons. The number of pyridine rings is 1. The van der Waals surface area contributed by atoms with Gasteiger partial charge in [0.05, 0.1) is 13.7 Å². The molecule has 7 nitrogen and oxygen atoms in total. The molecule has 1 aliphatic rings. The SMILES string of the molecule is COc1ccc(OC2CCCN(C(=O)c3ccncc3)C2)nn1. The van der Waals surface area contributed by atoms with Crippen molar-refractivity contribution >= 4 is 5.91 Å². The number of hydrogen-bond acceptors (Lipinski definition) is 6. The molecule has 0 saturated carbocycles. The van der Waals surface area contributed by atoms with Crippen LogP contribution >= 0.6 is 0 Å². The van der Waals surface area contributed by atoms with Crippen LogP contribution in [0.1, 0.15) is 23.2 Å². The van der Waals surface area contributed by atoms with Crippen molar-refractivity contribution in [3.05, 3.63) is 42.2 Å². The molecule has 0 aliphatic carbocycles. The lowest BCUT2D eigenvalue weighted by atomic mass is 10.1. The fraction of sp³-hybridized carbons (Fsp3) is 0.375. The van der Waals surface area contributed by atoms with E-state index in [-0.39, 0.29) is 12.0 Å². The van der Waals surface area contributed by atoms with Crippen molar-refractivity contribution in [2.24, 2.45) is 0 Å². The Balaban J connectivity index is 1.62. The molecule has 23 heavy (non-hydrogen) atoms. The van der Waals surface area contributed by atoms with Gasteiger partial charge in [0.1, 0.15) is 6.10 Å². The Labute approximate surface area is 134 Å². The number of likely N-dealkylation sites (tertiary alicyclic amines) is 1. The van der Waals surface area contributed by atoms with Gasteiger partial charge in [-0.1, -0.05) is 0 Å². The van der Waals surface area contributed by atoms with Gasteiger partial charge in [0, 0.05) is 36.6 Å². The maximum Gasteiger partial charge on any atom is 0.254 e. The Bertz CT molecular complexity index is 648. The minimum Gasteiger partial charge on any atom is -0.480 e. The Hall–Kier alpha value is -2.70. The Morgan fingerprint density at radius 1 is 1.17 bits per heavy atom. The molecule has 0 radical (unpaired) electrons. The van der Waals surface area contributed by atoms with Gasteiger partial charge in [-0.05, 0) is 25.0 Å². The van der Waals surface area contributed by atoms with Crippen LogP contribution in [0.25, 0.3) is 0 Å². The number of ether oxygens (including phenoxy) is 2. The average molecular weight is 314 g/mol. The highest BCUT2D eigenvalue weighted by molar-refractivity contribution is 5.94. The summed E-state index contributed by atoms with van der Waals surface area (Å²) in [5.74, 6) is 0.881. The molecule has 2 aromatic heterocycles. The molecule has 3 heterocycles. The number of carbonyl (C=O) groups is 1. The first-order chi connectivity index (χ1) is 11.3. The molecule has 7 heteroatoms. The van der Waals surface area contributed by atoms with E-state index in [9.17, 15) is 4.79 Å². The normalized spacial score (nSPS) is 17.6. The van der Waals surface area contributed by atoms with E-state index in [4.69, 9.17) is 9.47 Å². The second-order valence-corrected chi connectivity index (χ2v) is 5.28. The fourth-order valence-corrected chi connectivity index (χ4v) is 2.55. The number of carbonyl (C=O) groups excluding carboxylic acids is 1. The highest BCUT2D eigenvalue weighted by Crippen LogP contribution is 2.19. The molecular weight excluding hydrogens is 296 g/mol. The highest BCUT2D eigenvalue weighted by Gasteiger charge is 2.26. The number of rotatable bonds is 4. The summed E-state index contributed by atoms with van der Waals surface area (Å²) >= 11 is 0. The zero-order valence-electron chi connectivity index (χ0n) is 12.9. The fourth-order valence-electron chi connectivity index (χ4n) is 2.55. The van der Waals surface area contributed by atoms with Crippen molar-refractivity contribution in [1.29, 1.82) is 0 Å². The van der Waals surface area contributed by atoms with Crippen LogP contribution < -0.4 is 9.47 Å². The molecule has 1 atom stereocenters. The Kier molecular flexibility index (Phi) is 4.65. The summed E-state index contributed by atoms with van der Waals surface area (Å²) in [6.07, 6.45) is 4.94. The maximum atomic E-state index is 12.5. The second-order valence-electron chi connectivity index (χ2n) is 5.28. The van der Waals surface area contributed by atoms with E-state index in [2.05, 4.69) is 15.2 Å². The van der Waals surface area contributed by atoms with Gasteiger partial charge < -0.3 is 14.4 Å². The largest absolute Gasteiger partial charge is 0.480 e. The summed E-state index contributed by atoms with van der Waals surface area (Å²) in [7, 11) is 1.54. The number of amides is 1. The topological polar surface area (TPSA) is 77.4 Å². The van der Waals surface area contributed by atoms with Gasteiger partial charge in [0.2, 0.25) is 11.8 Å². The van der Waals surface area contributed by atoms with E-state index in [1.165, 1.54) is 7.11 Å². The molecule has 2 aromatic rings. The van der Waals surface area contributed by atoms with E-state index in [1.807, 2.05) is 0 Å². The molecule has 0 N–H and O–H groups in total. The van der Waals surface area contributed by atoms with Gasteiger partial charge in [-0.3, -0.25) is 9.78 Å². The van der Waals surface area contributed by atoms with Crippen molar-refractivity contribution in [1.82, 2.24) is 20.1 Å². The molecule has 1 unspecified atom stereocenters. The molecule has 1 aliphatic heterocycles. The number of hydrogen-bond donors (Lipinski definition) is 0. The van der Waals surface area contributed by atoms with E-state index in [1.54, 1.807) is 41.6 Å². The van der Waals surface area contributed by atoms with Crippen LogP contribution in [0.15, 0.2) is 36.7 Å². The van der Waals surface area contributed by atoms with E-state index >= 15 is 0 Å². The predicted molar refractivity (Wildman–Crippen MR) is 82.4 cm³/mol. The third-order valence-corrected chi connectivity index (χ3v) is 3.70. The third-order valence-electron chi connectivity index (χ3n) is 3.70. The number of methoxy groups -OCH3 is 1. The lowest BCUT2D eigenvalue weighted by Crippen LogP contribution is -2.44. The summed E-state index contributed by atoms with van der Waals surface area (Å²) in [6.45, 7) is 1.27. The third kappa shape index (κ3) is 3.74. The second kappa shape index (κ2) is 7.04. The van der Waals surface area contributed by atoms with Crippen molar-refractivity contribution in [2.45, 2.75) is 18.9 Å². The van der Waals surface area contributed by atoms with Crippen LogP contribution in [0, 0.1) is 0 Å². The van der Waals surface area contributed by atoms with E-state index < -0.39 is 0 Å². The van der Waals surface area contributed by atoms with Crippen LogP contribution in [0.2, 0.25) is 0 Å². The predicted octanol–water partition coefficient (Wildman–Crippen LogP) is 1.56. The lowest BCUT2D eigenvalue weighted by molar-refractivity contribution is 0.0525. The van der Waals surface area contributed by atoms with Gasteiger partial charge in [0.15, 0.2) is 0 Å². The van der Waals surface area contributed by atoms with E-state index in [0.717, 1.165) is 19.4 Å². The van der Waals surface area contributed by atoms with Crippen LogP contribution in [0.4, 0.5) is 0 Å². The van der Waals surface area contributed by atoms with Crippen molar-refractivity contribution in [3.8, 4) is 11.8 Å². The minimum atomic E-state index is -0.0859. The number of piperidine rings is 1. The van der Waals surface area contributed by atoms with Gasteiger partial charge in [-0.15, -0.1) is 10.2 Å². The molecule has 0 spiro atoms. The van der Waals surface area contributed by atoms with Gasteiger partial charge in [-0.2, -0.15) is 0 Å². The Morgan fingerprint density at radius 2 is 1.91 bits per heavy atom. The summed E-state index contributed by atoms with van der Waals surface area (Å²) in [5, 5.41) is 7.84. The monoisotopic (exact) mass is 314 g/mol. The molecular formula is C16H18N4O3. The summed E-state index contributed by atoms with van der Waals surface area (Å²) in [6, 6.07) is 6.87. The zero-order chi connectivity index (χ0) is 16.1. The minimum absolute atomic E-state index is 0.00140. The van der Waals surface area contributed by atoms with E-state index in [0.29, 0.717) is 23.9 Å². The van der Waals surface area contributed by atoms with Gasteiger partial charge in [-0.25, -0.2) is 0 Å². The summed E-state index contributed by atoms with van der Waals surface area (Å²) < 4.78 is 10.8. The zero-order valence-corrected chi connectivity index (χ0v) is 12.9. The van der Waals surface area contributed by atoms with Gasteiger partial charge in [0.25, 0.3) is 5.91 Å². The van der Waals surface area contributed by atoms with Crippen LogP contribution in [0.5, 0.6) is 11.8 Å². The van der Waals surface area contributed by atoms with Crippen LogP contribution in [-0.2, 0) is 0 Å². The van der Waals surface area contributed by atoms with Crippen LogP contribution in [-0.4, -0.2) is 52.3 Å². The molecule has 1 saturated heterocycles. The van der Waals surface area contributed by atoms with Gasteiger partial charge >= 0.3 is 0 Å². The summed E-state index contributed by atoms with van der Waals surface area (Å²) in [4.78, 5) is 18.2. The lowest BCUT2D eigenvalue weighted by Gasteiger charge is -2.32. The standard InChI is InChI=1S/C16H18N4O3/c1-22-14-4-5-15(19-18-14)23-13-3-2-10-20(11-13)16(21)12-6-8-17-9-7-12/h4-9,13H,2-3,10-11H2,1H3. The molecule has 0 bridgehead atoms. The average Bonchev–Trinajstić information content (AvgIpc) is 2.63. The molecule has 1 amide bonds. The van der Waals surface area contributed by atoms with Crippen molar-refractivity contribution in [3.63, 3.8) is 0 Å². The molecule has 1 fully saturated rings. The summed E-state index contributed by atoms with van der Waals surface area (Å²) in [5.41, 5.74) is 0.643. The number of nitrogens with zero attached hydrogens (tertiary/aromatic N) is 4.